The molecule has 3 aromatic rings. The Morgan fingerprint density at radius 3 is 2.84 bits per heavy atom. The molecular formula is C23H26N4O2S2. The second kappa shape index (κ2) is 8.31. The number of fused-ring (bicyclic) bond motifs is 3. The summed E-state index contributed by atoms with van der Waals surface area (Å²) in [5, 5.41) is 5.99. The predicted octanol–water partition coefficient (Wildman–Crippen LogP) is 3.87. The van der Waals surface area contributed by atoms with Gasteiger partial charge in [-0.15, -0.1) is 11.3 Å². The highest BCUT2D eigenvalue weighted by atomic mass is 32.2. The van der Waals surface area contributed by atoms with E-state index in [1.54, 1.807) is 0 Å². The van der Waals surface area contributed by atoms with Gasteiger partial charge in [-0.3, -0.25) is 9.59 Å². The van der Waals surface area contributed by atoms with Crippen molar-refractivity contribution in [1.82, 2.24) is 15.0 Å². The summed E-state index contributed by atoms with van der Waals surface area (Å²) < 4.78 is 1.07. The van der Waals surface area contributed by atoms with Crippen LogP contribution in [0.25, 0.3) is 21.3 Å². The normalized spacial score (nSPS) is 23.3. The molecule has 2 bridgehead atoms. The number of nitrogens with two attached hydrogens (primary N) is 1. The summed E-state index contributed by atoms with van der Waals surface area (Å²) in [6.07, 6.45) is 5.23. The van der Waals surface area contributed by atoms with Crippen molar-refractivity contribution in [2.45, 2.75) is 43.8 Å². The van der Waals surface area contributed by atoms with Crippen LogP contribution in [0.3, 0.4) is 0 Å². The Morgan fingerprint density at radius 2 is 2.13 bits per heavy atom. The van der Waals surface area contributed by atoms with E-state index in [1.165, 1.54) is 48.8 Å². The first-order chi connectivity index (χ1) is 15.0. The fraction of sp³-hybridized carbons (Fsp3) is 0.435. The number of benzene rings is 1. The first-order valence-electron chi connectivity index (χ1n) is 10.8. The number of nitrogen functional groups attached to an aromatic ring is 1. The molecule has 1 aromatic carbocycles. The van der Waals surface area contributed by atoms with E-state index in [1.807, 2.05) is 35.7 Å². The fourth-order valence-electron chi connectivity index (χ4n) is 5.36. The zero-order valence-corrected chi connectivity index (χ0v) is 19.0. The highest BCUT2D eigenvalue weighted by Gasteiger charge is 2.42. The van der Waals surface area contributed by atoms with E-state index < -0.39 is 0 Å². The zero-order valence-electron chi connectivity index (χ0n) is 17.4. The summed E-state index contributed by atoms with van der Waals surface area (Å²) in [7, 11) is 0. The van der Waals surface area contributed by atoms with Crippen LogP contribution in [-0.4, -0.2) is 27.4 Å². The van der Waals surface area contributed by atoms with Gasteiger partial charge >= 0.3 is 0 Å². The highest BCUT2D eigenvalue weighted by Crippen LogP contribution is 2.49. The summed E-state index contributed by atoms with van der Waals surface area (Å²) in [4.78, 5) is 30.7. The predicted molar refractivity (Wildman–Crippen MR) is 127 cm³/mol. The van der Waals surface area contributed by atoms with E-state index in [0.717, 1.165) is 27.6 Å². The van der Waals surface area contributed by atoms with Crippen LogP contribution >= 0.6 is 23.1 Å². The van der Waals surface area contributed by atoms with Crippen molar-refractivity contribution in [3.8, 4) is 11.1 Å². The van der Waals surface area contributed by atoms with Crippen molar-refractivity contribution in [1.29, 1.82) is 0 Å². The molecule has 2 aliphatic rings. The lowest BCUT2D eigenvalue weighted by molar-refractivity contribution is -0.119. The van der Waals surface area contributed by atoms with E-state index in [-0.39, 0.29) is 23.3 Å². The highest BCUT2D eigenvalue weighted by molar-refractivity contribution is 7.99. The fourth-order valence-corrected chi connectivity index (χ4v) is 7.07. The average molecular weight is 455 g/mol. The number of amides is 1. The molecule has 4 atom stereocenters. The van der Waals surface area contributed by atoms with Gasteiger partial charge in [-0.2, -0.15) is 0 Å². The Hall–Kier alpha value is -2.32. The first kappa shape index (κ1) is 20.6. The summed E-state index contributed by atoms with van der Waals surface area (Å²) in [5.74, 6) is 8.45. The molecule has 2 saturated carbocycles. The largest absolute Gasteiger partial charge is 0.353 e. The molecule has 31 heavy (non-hydrogen) atoms. The van der Waals surface area contributed by atoms with Gasteiger partial charge in [-0.05, 0) is 49.5 Å². The Kier molecular flexibility index (Phi) is 5.52. The standard InChI is InChI=1S/C23H26N4O2S2/c1-13(17-10-14-7-8-16(17)9-14)25-19(28)12-31-23-26-21-20(22(29)27(23)24)18(11-30-21)15-5-3-2-4-6-15/h2-6,11,13-14,16-17H,7-10,12,24H2,1H3,(H,25,28)/t13-,14-,16-,17-/m0/s1. The van der Waals surface area contributed by atoms with E-state index in [2.05, 4.69) is 17.2 Å². The second-order valence-corrected chi connectivity index (χ2v) is 10.5. The number of hydrogen-bond donors (Lipinski definition) is 2. The third kappa shape index (κ3) is 3.87. The SMILES string of the molecule is C[C@H](NC(=O)CSc1nc2scc(-c3ccccc3)c2c(=O)n1N)[C@@H]1C[C@H]2CC[C@H]1C2. The minimum absolute atomic E-state index is 0.0363. The summed E-state index contributed by atoms with van der Waals surface area (Å²) >= 11 is 2.63. The summed E-state index contributed by atoms with van der Waals surface area (Å²) in [5.41, 5.74) is 1.51. The van der Waals surface area contributed by atoms with Gasteiger partial charge in [0, 0.05) is 17.0 Å². The lowest BCUT2D eigenvalue weighted by atomic mass is 9.84. The number of thioether (sulfide) groups is 1. The second-order valence-electron chi connectivity index (χ2n) is 8.75. The smallest absolute Gasteiger partial charge is 0.282 e. The lowest BCUT2D eigenvalue weighted by Crippen LogP contribution is -2.41. The van der Waals surface area contributed by atoms with Crippen LogP contribution < -0.4 is 16.7 Å². The van der Waals surface area contributed by atoms with Crippen molar-refractivity contribution in [2.24, 2.45) is 17.8 Å². The van der Waals surface area contributed by atoms with E-state index >= 15 is 0 Å². The Labute approximate surface area is 189 Å². The number of carbonyl (C=O) groups is 1. The van der Waals surface area contributed by atoms with Gasteiger partial charge < -0.3 is 11.2 Å². The molecule has 2 aliphatic carbocycles. The van der Waals surface area contributed by atoms with Crippen LogP contribution in [0.4, 0.5) is 0 Å². The van der Waals surface area contributed by atoms with Gasteiger partial charge in [0.05, 0.1) is 11.1 Å². The Balaban J connectivity index is 1.29. The third-order valence-electron chi connectivity index (χ3n) is 6.85. The van der Waals surface area contributed by atoms with E-state index in [9.17, 15) is 9.59 Å². The maximum Gasteiger partial charge on any atom is 0.282 e. The first-order valence-corrected chi connectivity index (χ1v) is 12.6. The third-order valence-corrected chi connectivity index (χ3v) is 8.67. The number of rotatable bonds is 6. The van der Waals surface area contributed by atoms with Gasteiger partial charge in [0.15, 0.2) is 5.16 Å². The zero-order chi connectivity index (χ0) is 21.5. The van der Waals surface area contributed by atoms with Crippen LogP contribution in [0.5, 0.6) is 0 Å². The number of hydrogen-bond acceptors (Lipinski definition) is 6. The van der Waals surface area contributed by atoms with Crippen LogP contribution in [0.1, 0.15) is 32.6 Å². The molecule has 2 aromatic heterocycles. The summed E-state index contributed by atoms with van der Waals surface area (Å²) in [6, 6.07) is 9.93. The molecular weight excluding hydrogens is 428 g/mol. The Bertz CT molecular complexity index is 1170. The molecule has 2 fully saturated rings. The number of aromatic nitrogens is 2. The number of carbonyl (C=O) groups excluding carboxylic acids is 1. The van der Waals surface area contributed by atoms with Gasteiger partial charge in [0.2, 0.25) is 5.91 Å². The molecule has 0 spiro atoms. The van der Waals surface area contributed by atoms with Crippen LogP contribution in [0, 0.1) is 17.8 Å². The molecule has 2 heterocycles. The van der Waals surface area contributed by atoms with Gasteiger partial charge in [0.1, 0.15) is 4.83 Å². The van der Waals surface area contributed by atoms with Crippen LogP contribution in [0.15, 0.2) is 45.7 Å². The van der Waals surface area contributed by atoms with Crippen molar-refractivity contribution >= 4 is 39.2 Å². The lowest BCUT2D eigenvalue weighted by Gasteiger charge is -2.28. The monoisotopic (exact) mass is 454 g/mol. The van der Waals surface area contributed by atoms with Gasteiger partial charge in [0.25, 0.3) is 5.56 Å². The van der Waals surface area contributed by atoms with Gasteiger partial charge in [-0.25, -0.2) is 9.66 Å². The van der Waals surface area contributed by atoms with Crippen LogP contribution in [0.2, 0.25) is 0 Å². The van der Waals surface area contributed by atoms with Crippen molar-refractivity contribution < 1.29 is 4.79 Å². The molecule has 0 aliphatic heterocycles. The maximum absolute atomic E-state index is 13.0. The van der Waals surface area contributed by atoms with Crippen molar-refractivity contribution in [3.63, 3.8) is 0 Å². The topological polar surface area (TPSA) is 90.0 Å². The molecule has 0 radical (unpaired) electrons. The Morgan fingerprint density at radius 1 is 1.32 bits per heavy atom. The quantitative estimate of drug-likeness (QED) is 0.335. The molecule has 8 heteroatoms. The van der Waals surface area contributed by atoms with E-state index in [0.29, 0.717) is 21.3 Å². The summed E-state index contributed by atoms with van der Waals surface area (Å²) in [6.45, 7) is 2.12. The molecule has 0 saturated heterocycles. The molecule has 162 valence electrons. The van der Waals surface area contributed by atoms with Crippen molar-refractivity contribution in [2.75, 3.05) is 11.6 Å². The maximum atomic E-state index is 13.0. The molecule has 6 nitrogen and oxygen atoms in total. The average Bonchev–Trinajstić information content (AvgIpc) is 3.51. The number of nitrogens with one attached hydrogen (secondary N) is 1. The molecule has 5 rings (SSSR count). The number of thiophene rings is 1. The minimum atomic E-state index is -0.289. The minimum Gasteiger partial charge on any atom is -0.353 e. The molecule has 0 unspecified atom stereocenters. The molecule has 1 amide bonds. The van der Waals surface area contributed by atoms with Crippen LogP contribution in [-0.2, 0) is 4.79 Å². The number of nitrogens with zero attached hydrogens (tertiary/aromatic N) is 2. The van der Waals surface area contributed by atoms with Gasteiger partial charge in [-0.1, -0.05) is 48.5 Å². The molecule has 3 N–H and O–H groups in total. The van der Waals surface area contributed by atoms with Crippen molar-refractivity contribution in [3.05, 3.63) is 46.1 Å². The van der Waals surface area contributed by atoms with E-state index in [4.69, 9.17) is 5.84 Å².